The van der Waals surface area contributed by atoms with Gasteiger partial charge >= 0.3 is 0 Å². The molecular formula is C23H25Cl2N3OS. The lowest BCUT2D eigenvalue weighted by atomic mass is 10.1. The largest absolute Gasteiger partial charge is 0.368 e. The number of carbonyl (C=O) groups excluding carboxylic acids is 1. The Balaban J connectivity index is 1.59. The Kier molecular flexibility index (Phi) is 6.94. The molecule has 2 heterocycles. The second kappa shape index (κ2) is 9.65. The maximum atomic E-state index is 13.2. The minimum Gasteiger partial charge on any atom is -0.368 e. The number of likely N-dealkylation sites (N-methyl/N-ethyl adjacent to an activating group) is 1. The molecule has 0 N–H and O–H groups in total. The summed E-state index contributed by atoms with van der Waals surface area (Å²) in [5, 5.41) is 0.953. The van der Waals surface area contributed by atoms with Gasteiger partial charge in [-0.3, -0.25) is 4.79 Å². The van der Waals surface area contributed by atoms with E-state index in [0.717, 1.165) is 54.6 Å². The average molecular weight is 462 g/mol. The number of nitrogens with zero attached hydrogens (tertiary/aromatic N) is 3. The minimum atomic E-state index is 0.00949. The molecule has 0 unspecified atom stereocenters. The zero-order valence-corrected chi connectivity index (χ0v) is 19.3. The number of amides is 1. The molecule has 0 aliphatic carbocycles. The topological polar surface area (TPSA) is 26.8 Å². The Bertz CT molecular complexity index is 957. The fraction of sp³-hybridized carbons (Fsp3) is 0.348. The second-order valence-electron chi connectivity index (χ2n) is 7.39. The van der Waals surface area contributed by atoms with Crippen LogP contribution in [0.1, 0.15) is 12.5 Å². The quantitative estimate of drug-likeness (QED) is 0.580. The third kappa shape index (κ3) is 4.65. The molecular weight excluding hydrogens is 437 g/mol. The van der Waals surface area contributed by atoms with Gasteiger partial charge in [0.15, 0.2) is 0 Å². The highest BCUT2D eigenvalue weighted by Gasteiger charge is 2.26. The van der Waals surface area contributed by atoms with E-state index >= 15 is 0 Å². The third-order valence-electron chi connectivity index (χ3n) is 5.63. The van der Waals surface area contributed by atoms with Crippen LogP contribution in [0.25, 0.3) is 6.08 Å². The lowest BCUT2D eigenvalue weighted by Crippen LogP contribution is -2.46. The van der Waals surface area contributed by atoms with E-state index in [1.54, 1.807) is 28.8 Å². The van der Waals surface area contributed by atoms with Gasteiger partial charge in [-0.15, -0.1) is 11.8 Å². The molecule has 158 valence electrons. The molecule has 7 heteroatoms. The van der Waals surface area contributed by atoms with Gasteiger partial charge in [-0.1, -0.05) is 48.3 Å². The second-order valence-corrected chi connectivity index (χ2v) is 9.34. The van der Waals surface area contributed by atoms with Crippen LogP contribution < -0.4 is 9.80 Å². The zero-order chi connectivity index (χ0) is 21.1. The third-order valence-corrected chi connectivity index (χ3v) is 7.36. The van der Waals surface area contributed by atoms with Crippen molar-refractivity contribution in [1.29, 1.82) is 0 Å². The van der Waals surface area contributed by atoms with Crippen molar-refractivity contribution in [3.63, 3.8) is 0 Å². The summed E-state index contributed by atoms with van der Waals surface area (Å²) >= 11 is 13.8. The molecule has 30 heavy (non-hydrogen) atoms. The Morgan fingerprint density at radius 1 is 1.00 bits per heavy atom. The van der Waals surface area contributed by atoms with Crippen LogP contribution >= 0.6 is 35.0 Å². The van der Waals surface area contributed by atoms with Crippen molar-refractivity contribution >= 4 is 58.3 Å². The number of hydrogen-bond donors (Lipinski definition) is 0. The van der Waals surface area contributed by atoms with Crippen molar-refractivity contribution in [2.75, 3.05) is 54.8 Å². The Hall–Kier alpha value is -1.66. The number of hydrogen-bond acceptors (Lipinski definition) is 4. The highest BCUT2D eigenvalue weighted by atomic mass is 35.5. The van der Waals surface area contributed by atoms with Gasteiger partial charge in [0, 0.05) is 49.9 Å². The zero-order valence-electron chi connectivity index (χ0n) is 17.0. The van der Waals surface area contributed by atoms with Crippen LogP contribution in [0.3, 0.4) is 0 Å². The van der Waals surface area contributed by atoms with Crippen LogP contribution in [0.4, 0.5) is 11.4 Å². The Morgan fingerprint density at radius 2 is 1.77 bits per heavy atom. The number of rotatable bonds is 4. The molecule has 1 amide bonds. The van der Waals surface area contributed by atoms with Gasteiger partial charge in [0.25, 0.3) is 5.91 Å². The molecule has 0 spiro atoms. The van der Waals surface area contributed by atoms with Crippen LogP contribution in [0, 0.1) is 0 Å². The first-order chi connectivity index (χ1) is 14.6. The molecule has 0 aromatic heterocycles. The molecule has 2 fully saturated rings. The first-order valence-electron chi connectivity index (χ1n) is 10.2. The molecule has 2 aliphatic rings. The lowest BCUT2D eigenvalue weighted by Gasteiger charge is -2.36. The predicted octanol–water partition coefficient (Wildman–Crippen LogP) is 5.26. The standard InChI is InChI=1S/C23H25Cl2N3OS/c1-2-26-9-11-27(12-10-26)21-6-4-3-5-17(21)15-22-23(29)28(13-14-30-22)18-7-8-19(24)20(25)16-18/h3-8,15-16H,2,9-14H2,1H3/b22-15-. The van der Waals surface area contributed by atoms with Crippen LogP contribution in [0.5, 0.6) is 0 Å². The van der Waals surface area contributed by atoms with E-state index in [4.69, 9.17) is 23.2 Å². The van der Waals surface area contributed by atoms with Gasteiger partial charge in [0.05, 0.1) is 15.0 Å². The fourth-order valence-corrected chi connectivity index (χ4v) is 5.12. The van der Waals surface area contributed by atoms with Gasteiger partial charge < -0.3 is 14.7 Å². The van der Waals surface area contributed by atoms with E-state index in [-0.39, 0.29) is 5.91 Å². The molecule has 0 bridgehead atoms. The lowest BCUT2D eigenvalue weighted by molar-refractivity contribution is -0.114. The van der Waals surface area contributed by atoms with Crippen LogP contribution in [-0.2, 0) is 4.79 Å². The summed E-state index contributed by atoms with van der Waals surface area (Å²) in [6.45, 7) is 8.10. The number of benzene rings is 2. The van der Waals surface area contributed by atoms with Crippen molar-refractivity contribution in [1.82, 2.24) is 4.90 Å². The molecule has 0 atom stereocenters. The molecule has 4 rings (SSSR count). The predicted molar refractivity (Wildman–Crippen MR) is 130 cm³/mol. The van der Waals surface area contributed by atoms with Crippen molar-refractivity contribution < 1.29 is 4.79 Å². The van der Waals surface area contributed by atoms with E-state index in [0.29, 0.717) is 16.6 Å². The number of para-hydroxylation sites is 1. The van der Waals surface area contributed by atoms with E-state index in [2.05, 4.69) is 34.9 Å². The molecule has 2 aromatic rings. The fourth-order valence-electron chi connectivity index (χ4n) is 3.89. The van der Waals surface area contributed by atoms with Crippen molar-refractivity contribution in [3.8, 4) is 0 Å². The smallest absolute Gasteiger partial charge is 0.264 e. The SMILES string of the molecule is CCN1CCN(c2ccccc2/C=C2\SCCN(c3ccc(Cl)c(Cl)c3)C2=O)CC1. The molecule has 2 aromatic carbocycles. The average Bonchev–Trinajstić information content (AvgIpc) is 2.78. The number of thioether (sulfide) groups is 1. The maximum Gasteiger partial charge on any atom is 0.264 e. The number of halogens is 2. The number of piperazine rings is 1. The summed E-state index contributed by atoms with van der Waals surface area (Å²) in [5.74, 6) is 0.852. The Labute approximate surface area is 192 Å². The van der Waals surface area contributed by atoms with Gasteiger partial charge in [-0.2, -0.15) is 0 Å². The highest BCUT2D eigenvalue weighted by molar-refractivity contribution is 8.04. The monoisotopic (exact) mass is 461 g/mol. The van der Waals surface area contributed by atoms with Crippen molar-refractivity contribution in [2.45, 2.75) is 6.92 Å². The minimum absolute atomic E-state index is 0.00949. The normalized spacial score (nSPS) is 19.6. The molecule has 0 saturated carbocycles. The number of anilines is 2. The van der Waals surface area contributed by atoms with Crippen LogP contribution in [0.15, 0.2) is 47.4 Å². The molecule has 2 aliphatic heterocycles. The summed E-state index contributed by atoms with van der Waals surface area (Å²) in [5.41, 5.74) is 3.07. The highest BCUT2D eigenvalue weighted by Crippen LogP contribution is 2.34. The van der Waals surface area contributed by atoms with E-state index in [1.807, 2.05) is 18.2 Å². The van der Waals surface area contributed by atoms with Gasteiger partial charge in [-0.05, 0) is 42.4 Å². The van der Waals surface area contributed by atoms with Crippen LogP contribution in [-0.4, -0.2) is 55.8 Å². The first-order valence-corrected chi connectivity index (χ1v) is 12.0. The van der Waals surface area contributed by atoms with Crippen molar-refractivity contribution in [3.05, 3.63) is 63.0 Å². The Morgan fingerprint density at radius 3 is 2.50 bits per heavy atom. The summed E-state index contributed by atoms with van der Waals surface area (Å²) in [7, 11) is 0. The van der Waals surface area contributed by atoms with Gasteiger partial charge in [-0.25, -0.2) is 0 Å². The number of carbonyl (C=O) groups is 1. The maximum absolute atomic E-state index is 13.2. The molecule has 0 radical (unpaired) electrons. The molecule has 2 saturated heterocycles. The summed E-state index contributed by atoms with van der Waals surface area (Å²) in [6, 6.07) is 13.7. The van der Waals surface area contributed by atoms with Gasteiger partial charge in [0.2, 0.25) is 0 Å². The summed E-state index contributed by atoms with van der Waals surface area (Å²) in [6.07, 6.45) is 2.04. The van der Waals surface area contributed by atoms with Crippen LogP contribution in [0.2, 0.25) is 10.0 Å². The van der Waals surface area contributed by atoms with E-state index < -0.39 is 0 Å². The van der Waals surface area contributed by atoms with Gasteiger partial charge in [0.1, 0.15) is 0 Å². The summed E-state index contributed by atoms with van der Waals surface area (Å²) < 4.78 is 0. The van der Waals surface area contributed by atoms with E-state index in [9.17, 15) is 4.79 Å². The van der Waals surface area contributed by atoms with Crippen molar-refractivity contribution in [2.24, 2.45) is 0 Å². The first kappa shape index (κ1) is 21.6. The molecule has 4 nitrogen and oxygen atoms in total. The van der Waals surface area contributed by atoms with E-state index in [1.165, 1.54) is 5.69 Å². The summed E-state index contributed by atoms with van der Waals surface area (Å²) in [4.78, 5) is 20.7.